The topological polar surface area (TPSA) is 116 Å². The molecule has 3 N–H and O–H groups in total. The van der Waals surface area contributed by atoms with E-state index in [1.165, 1.54) is 0 Å². The van der Waals surface area contributed by atoms with Crippen molar-refractivity contribution >= 4 is 32.6 Å². The summed E-state index contributed by atoms with van der Waals surface area (Å²) in [5, 5.41) is 13.0. The summed E-state index contributed by atoms with van der Waals surface area (Å²) >= 11 is 0. The van der Waals surface area contributed by atoms with Crippen molar-refractivity contribution in [1.29, 1.82) is 0 Å². The first-order valence-corrected chi connectivity index (χ1v) is 10.4. The van der Waals surface area contributed by atoms with Gasteiger partial charge < -0.3 is 15.4 Å². The number of hydrogen-bond acceptors (Lipinski definition) is 4. The van der Waals surface area contributed by atoms with Gasteiger partial charge in [0.15, 0.2) is 9.84 Å². The molecule has 1 unspecified atom stereocenters. The Morgan fingerprint density at radius 2 is 2.04 bits per heavy atom. The molecule has 4 rings (SSSR count). The highest BCUT2D eigenvalue weighted by atomic mass is 32.2. The van der Waals surface area contributed by atoms with E-state index in [1.807, 2.05) is 24.3 Å². The van der Waals surface area contributed by atoms with Crippen LogP contribution in [0.5, 0.6) is 0 Å². The second-order valence-corrected chi connectivity index (χ2v) is 9.54. The van der Waals surface area contributed by atoms with Gasteiger partial charge in [-0.05, 0) is 29.9 Å². The fourth-order valence-electron chi connectivity index (χ4n) is 4.03. The number of hydrogen-bond donors (Lipinski definition) is 3. The Bertz CT molecular complexity index is 990. The number of carbonyl (C=O) groups excluding carboxylic acids is 1. The molecule has 1 saturated carbocycles. The van der Waals surface area contributed by atoms with Crippen molar-refractivity contribution in [1.82, 2.24) is 10.3 Å². The Morgan fingerprint density at radius 3 is 2.73 bits per heavy atom. The van der Waals surface area contributed by atoms with Crippen LogP contribution in [0.25, 0.3) is 10.9 Å². The number of amides is 1. The van der Waals surface area contributed by atoms with Crippen molar-refractivity contribution in [2.24, 2.45) is 11.3 Å². The molecule has 8 heteroatoms. The lowest BCUT2D eigenvalue weighted by Crippen LogP contribution is -2.46. The Morgan fingerprint density at radius 1 is 1.31 bits per heavy atom. The molecule has 2 atom stereocenters. The third-order valence-electron chi connectivity index (χ3n) is 5.59. The molecule has 0 bridgehead atoms. The van der Waals surface area contributed by atoms with Gasteiger partial charge in [-0.3, -0.25) is 4.79 Å². The fourth-order valence-corrected chi connectivity index (χ4v) is 6.52. The van der Waals surface area contributed by atoms with E-state index >= 15 is 0 Å². The number of nitrogens with one attached hydrogen (secondary N) is 2. The number of sulfone groups is 1. The van der Waals surface area contributed by atoms with Crippen LogP contribution in [0.4, 0.5) is 0 Å². The van der Waals surface area contributed by atoms with E-state index in [4.69, 9.17) is 0 Å². The van der Waals surface area contributed by atoms with Crippen molar-refractivity contribution in [3.63, 3.8) is 0 Å². The molecule has 1 aromatic carbocycles. The average molecular weight is 376 g/mol. The van der Waals surface area contributed by atoms with Crippen LogP contribution >= 0.6 is 0 Å². The molecule has 1 saturated heterocycles. The largest absolute Gasteiger partial charge is 0.480 e. The van der Waals surface area contributed by atoms with Gasteiger partial charge in [0.05, 0.1) is 17.4 Å². The fraction of sp³-hybridized carbons (Fsp3) is 0.444. The molecule has 1 amide bonds. The summed E-state index contributed by atoms with van der Waals surface area (Å²) < 4.78 is 23.8. The number of carbonyl (C=O) groups is 2. The quantitative estimate of drug-likeness (QED) is 0.723. The third kappa shape index (κ3) is 2.98. The minimum atomic E-state index is -3.23. The van der Waals surface area contributed by atoms with E-state index in [2.05, 4.69) is 10.3 Å². The van der Waals surface area contributed by atoms with Gasteiger partial charge in [0.25, 0.3) is 0 Å². The molecular formula is C18H20N2O5S. The van der Waals surface area contributed by atoms with Crippen LogP contribution in [0.3, 0.4) is 0 Å². The molecule has 2 aliphatic rings. The van der Waals surface area contributed by atoms with Crippen LogP contribution < -0.4 is 5.32 Å². The first-order chi connectivity index (χ1) is 12.3. The highest BCUT2D eigenvalue weighted by molar-refractivity contribution is 7.91. The Kier molecular flexibility index (Phi) is 3.83. The van der Waals surface area contributed by atoms with Crippen molar-refractivity contribution in [3.05, 3.63) is 36.0 Å². The average Bonchev–Trinajstić information content (AvgIpc) is 3.12. The van der Waals surface area contributed by atoms with E-state index < -0.39 is 39.1 Å². The second kappa shape index (κ2) is 5.84. The normalized spacial score (nSPS) is 23.8. The standard InChI is InChI=1S/C18H20N2O5S/c21-16(13-9-26(24,25)10-18(13)5-6-18)20-15(17(22)23)7-11-8-19-14-4-2-1-3-12(11)14/h1-4,8,13,15,19H,5-7,9-10H2,(H,20,21)(H,22,23)/t13?,15-/m1/s1. The predicted octanol–water partition coefficient (Wildman–Crippen LogP) is 1.10. The monoisotopic (exact) mass is 376 g/mol. The highest BCUT2D eigenvalue weighted by Gasteiger charge is 2.60. The number of aromatic nitrogens is 1. The molecule has 1 spiro atoms. The molecule has 2 aromatic rings. The van der Waals surface area contributed by atoms with Crippen LogP contribution in [0.15, 0.2) is 30.5 Å². The van der Waals surface area contributed by atoms with E-state index in [1.54, 1.807) is 6.20 Å². The lowest BCUT2D eigenvalue weighted by molar-refractivity contribution is -0.142. The zero-order valence-electron chi connectivity index (χ0n) is 14.1. The highest BCUT2D eigenvalue weighted by Crippen LogP contribution is 2.57. The van der Waals surface area contributed by atoms with Gasteiger partial charge in [0.2, 0.25) is 5.91 Å². The molecule has 26 heavy (non-hydrogen) atoms. The maximum absolute atomic E-state index is 12.6. The van der Waals surface area contributed by atoms with Crippen LogP contribution in [-0.4, -0.2) is 47.9 Å². The SMILES string of the molecule is O=C(N[C@H](Cc1c[nH]c2ccccc12)C(=O)O)C1CS(=O)(=O)CC12CC2. The van der Waals surface area contributed by atoms with Gasteiger partial charge in [-0.15, -0.1) is 0 Å². The first-order valence-electron chi connectivity index (χ1n) is 8.58. The molecular weight excluding hydrogens is 356 g/mol. The first kappa shape index (κ1) is 17.1. The molecule has 7 nitrogen and oxygen atoms in total. The second-order valence-electron chi connectivity index (χ2n) is 7.43. The number of aromatic amines is 1. The smallest absolute Gasteiger partial charge is 0.326 e. The zero-order chi connectivity index (χ0) is 18.5. The lowest BCUT2D eigenvalue weighted by Gasteiger charge is -2.20. The van der Waals surface area contributed by atoms with Crippen molar-refractivity contribution in [3.8, 4) is 0 Å². The maximum atomic E-state index is 12.6. The van der Waals surface area contributed by atoms with E-state index in [9.17, 15) is 23.1 Å². The van der Waals surface area contributed by atoms with Crippen molar-refractivity contribution < 1.29 is 23.1 Å². The molecule has 1 aromatic heterocycles. The molecule has 138 valence electrons. The minimum Gasteiger partial charge on any atom is -0.480 e. The Balaban J connectivity index is 1.53. The van der Waals surface area contributed by atoms with Crippen molar-refractivity contribution in [2.75, 3.05) is 11.5 Å². The van der Waals surface area contributed by atoms with Gasteiger partial charge in [0, 0.05) is 23.5 Å². The van der Waals surface area contributed by atoms with Crippen LogP contribution in [0, 0.1) is 11.3 Å². The summed E-state index contributed by atoms with van der Waals surface area (Å²) in [7, 11) is -3.23. The molecule has 1 aliphatic carbocycles. The number of aliphatic carboxylic acids is 1. The summed E-state index contributed by atoms with van der Waals surface area (Å²) in [6, 6.07) is 6.45. The van der Waals surface area contributed by atoms with Gasteiger partial charge in [0.1, 0.15) is 6.04 Å². The summed E-state index contributed by atoms with van der Waals surface area (Å²) in [5.41, 5.74) is 1.23. The molecule has 2 fully saturated rings. The van der Waals surface area contributed by atoms with Gasteiger partial charge in [-0.2, -0.15) is 0 Å². The Labute approximate surface area is 150 Å². The van der Waals surface area contributed by atoms with E-state index in [0.717, 1.165) is 16.5 Å². The van der Waals surface area contributed by atoms with Crippen LogP contribution in [0.2, 0.25) is 0 Å². The number of rotatable bonds is 5. The maximum Gasteiger partial charge on any atom is 0.326 e. The number of fused-ring (bicyclic) bond motifs is 1. The van der Waals surface area contributed by atoms with Crippen LogP contribution in [-0.2, 0) is 25.8 Å². The third-order valence-corrected chi connectivity index (χ3v) is 7.45. The predicted molar refractivity (Wildman–Crippen MR) is 95.4 cm³/mol. The molecule has 1 aliphatic heterocycles. The number of H-pyrrole nitrogens is 1. The van der Waals surface area contributed by atoms with Crippen molar-refractivity contribution in [2.45, 2.75) is 25.3 Å². The van der Waals surface area contributed by atoms with E-state index in [-0.39, 0.29) is 17.9 Å². The summed E-state index contributed by atoms with van der Waals surface area (Å²) in [6.45, 7) is 0. The Hall–Kier alpha value is -2.35. The number of benzene rings is 1. The molecule has 2 heterocycles. The summed E-state index contributed by atoms with van der Waals surface area (Å²) in [6.07, 6.45) is 3.31. The van der Waals surface area contributed by atoms with Gasteiger partial charge in [-0.25, -0.2) is 13.2 Å². The molecule has 0 radical (unpaired) electrons. The zero-order valence-corrected chi connectivity index (χ0v) is 14.9. The van der Waals surface area contributed by atoms with E-state index in [0.29, 0.717) is 12.8 Å². The summed E-state index contributed by atoms with van der Waals surface area (Å²) in [4.78, 5) is 27.4. The van der Waals surface area contributed by atoms with Gasteiger partial charge >= 0.3 is 5.97 Å². The summed E-state index contributed by atoms with van der Waals surface area (Å²) in [5.74, 6) is -2.38. The lowest BCUT2D eigenvalue weighted by atomic mass is 9.91. The number of carboxylic acids is 1. The minimum absolute atomic E-state index is 0.0400. The number of carboxylic acid groups (broad SMARTS) is 1. The van der Waals surface area contributed by atoms with Crippen LogP contribution in [0.1, 0.15) is 18.4 Å². The number of para-hydroxylation sites is 1. The van der Waals surface area contributed by atoms with Gasteiger partial charge in [-0.1, -0.05) is 18.2 Å².